The van der Waals surface area contributed by atoms with Crippen LogP contribution in [-0.2, 0) is 0 Å². The Morgan fingerprint density at radius 3 is 1.04 bits per heavy atom. The van der Waals surface area contributed by atoms with Gasteiger partial charge in [0, 0.05) is 0 Å². The first-order chi connectivity index (χ1) is 11.9. The Balaban J connectivity index is 2.41. The molecule has 5 heteroatoms. The van der Waals surface area contributed by atoms with Gasteiger partial charge >= 0.3 is 172 Å². The van der Waals surface area contributed by atoms with Crippen molar-refractivity contribution in [2.45, 2.75) is 0 Å². The van der Waals surface area contributed by atoms with E-state index >= 15 is 0 Å². The van der Waals surface area contributed by atoms with E-state index in [1.165, 1.54) is 0 Å². The van der Waals surface area contributed by atoms with Crippen LogP contribution in [0, 0.1) is 0 Å². The van der Waals surface area contributed by atoms with Crippen molar-refractivity contribution < 1.29 is 0 Å². The molecule has 0 atom stereocenters. The molecule has 0 aliphatic rings. The van der Waals surface area contributed by atoms with Crippen molar-refractivity contribution in [3.63, 3.8) is 0 Å². The Bertz CT molecular complexity index is 789. The second-order valence-electron chi connectivity index (χ2n) is 5.69. The molecule has 0 aromatic heterocycles. The molecule has 0 bridgehead atoms. The summed E-state index contributed by atoms with van der Waals surface area (Å²) >= 11 is 22.5. The topological polar surface area (TPSA) is 0 Å². The van der Waals surface area contributed by atoms with Crippen molar-refractivity contribution in [3.05, 3.63) is 100 Å². The van der Waals surface area contributed by atoms with E-state index in [9.17, 15) is 0 Å². The average molecular weight is 473 g/mol. The van der Waals surface area contributed by atoms with Crippen molar-refractivity contribution in [2.24, 2.45) is 0 Å². The van der Waals surface area contributed by atoms with Gasteiger partial charge in [-0.15, -0.1) is 0 Å². The molecule has 0 nitrogen and oxygen atoms in total. The fraction of sp³-hybridized carbons (Fsp3) is 0. The molecule has 3 rings (SSSR count). The van der Waals surface area contributed by atoms with E-state index in [1.807, 2.05) is 78.6 Å². The summed E-state index contributed by atoms with van der Waals surface area (Å²) in [4.78, 5) is 0. The molecular weight excluding hydrogens is 457 g/mol. The first-order valence-corrected chi connectivity index (χ1v) is 13.0. The van der Waals surface area contributed by atoms with Crippen molar-refractivity contribution in [2.75, 3.05) is 0 Å². The Morgan fingerprint density at radius 2 is 0.840 bits per heavy atom. The molecule has 3 aromatic rings. The Morgan fingerprint density at radius 1 is 0.600 bits per heavy atom. The van der Waals surface area contributed by atoms with Gasteiger partial charge in [-0.05, 0) is 0 Å². The zero-order valence-corrected chi connectivity index (χ0v) is 17.9. The minimum atomic E-state index is -3.07. The quantitative estimate of drug-likeness (QED) is 0.361. The molecule has 0 heterocycles. The molecule has 3 aromatic carbocycles. The number of hydrogen-bond acceptors (Lipinski definition) is 0. The second kappa shape index (κ2) is 7.06. The van der Waals surface area contributed by atoms with E-state index in [0.717, 1.165) is 15.9 Å². The summed E-state index contributed by atoms with van der Waals surface area (Å²) in [6, 6.07) is 23.6. The van der Waals surface area contributed by atoms with Crippen molar-refractivity contribution in [1.29, 1.82) is 0 Å². The summed E-state index contributed by atoms with van der Waals surface area (Å²) in [7, 11) is 0. The maximum absolute atomic E-state index is 6.12. The molecule has 0 radical (unpaired) electrons. The summed E-state index contributed by atoms with van der Waals surface area (Å²) in [5.74, 6) is 2.02. The van der Waals surface area contributed by atoms with Crippen LogP contribution in [0.4, 0.5) is 0 Å². The van der Waals surface area contributed by atoms with Crippen LogP contribution in [0.2, 0.25) is 15.1 Å². The fourth-order valence-corrected chi connectivity index (χ4v) is 9.19. The van der Waals surface area contributed by atoms with E-state index in [1.54, 1.807) is 0 Å². The third-order valence-electron chi connectivity index (χ3n) is 4.34. The number of rotatable bonds is 4. The normalized spacial score (nSPS) is 13.0. The predicted octanol–water partition coefficient (Wildman–Crippen LogP) is 6.93. The molecule has 0 aliphatic heterocycles. The maximum atomic E-state index is 6.12. The van der Waals surface area contributed by atoms with Gasteiger partial charge in [-0.3, -0.25) is 0 Å². The summed E-state index contributed by atoms with van der Waals surface area (Å²) in [5.41, 5.74) is 0. The molecule has 0 aliphatic carbocycles. The Hall–Kier alpha value is -0.820. The van der Waals surface area contributed by atoms with Crippen LogP contribution in [0.5, 0.6) is 0 Å². The van der Waals surface area contributed by atoms with E-state index in [0.29, 0.717) is 15.1 Å². The standard InChI is InChI=1S/C20H15BrCl3P/c1-2-25(21,18-9-3-15(22)4-10-18,19-11-5-16(23)6-12-19)20-13-7-17(24)8-14-20/h2-14H,1H2. The molecule has 128 valence electrons. The SMILES string of the molecule is C=CP(Br)(c1ccc(Cl)cc1)(c1ccc(Cl)cc1)c1ccc(Cl)cc1. The summed E-state index contributed by atoms with van der Waals surface area (Å²) in [5, 5.41) is 2.32. The second-order valence-corrected chi connectivity index (χ2v) is 15.5. The zero-order valence-electron chi connectivity index (χ0n) is 13.2. The van der Waals surface area contributed by atoms with Crippen LogP contribution in [0.15, 0.2) is 85.2 Å². The minimum absolute atomic E-state index is 0.692. The van der Waals surface area contributed by atoms with Gasteiger partial charge in [-0.1, -0.05) is 0 Å². The summed E-state index contributed by atoms with van der Waals surface area (Å²) in [6.07, 6.45) is 0. The molecule has 0 fully saturated rings. The van der Waals surface area contributed by atoms with E-state index in [4.69, 9.17) is 34.8 Å². The van der Waals surface area contributed by atoms with Crippen LogP contribution in [0.3, 0.4) is 0 Å². The van der Waals surface area contributed by atoms with Crippen LogP contribution < -0.4 is 15.9 Å². The van der Waals surface area contributed by atoms with Gasteiger partial charge in [0.05, 0.1) is 0 Å². The molecule has 0 unspecified atom stereocenters. The number of benzene rings is 3. The zero-order chi connectivity index (χ0) is 18.1. The van der Waals surface area contributed by atoms with Gasteiger partial charge < -0.3 is 0 Å². The molecular formula is C20H15BrCl3P. The van der Waals surface area contributed by atoms with Crippen molar-refractivity contribution in [1.82, 2.24) is 0 Å². The molecule has 0 spiro atoms. The van der Waals surface area contributed by atoms with Gasteiger partial charge in [-0.2, -0.15) is 0 Å². The molecule has 0 amide bonds. The van der Waals surface area contributed by atoms with Crippen LogP contribution in [-0.4, -0.2) is 0 Å². The van der Waals surface area contributed by atoms with Crippen LogP contribution in [0.25, 0.3) is 0 Å². The molecule has 0 saturated carbocycles. The third-order valence-corrected chi connectivity index (χ3v) is 14.3. The summed E-state index contributed by atoms with van der Waals surface area (Å²) < 4.78 is 0. The van der Waals surface area contributed by atoms with Crippen LogP contribution in [0.1, 0.15) is 0 Å². The van der Waals surface area contributed by atoms with Gasteiger partial charge in [0.1, 0.15) is 0 Å². The Kier molecular flexibility index (Phi) is 5.36. The van der Waals surface area contributed by atoms with Gasteiger partial charge in [-0.25, -0.2) is 0 Å². The van der Waals surface area contributed by atoms with E-state index in [-0.39, 0.29) is 0 Å². The summed E-state index contributed by atoms with van der Waals surface area (Å²) in [6.45, 7) is 4.21. The fourth-order valence-electron chi connectivity index (χ4n) is 2.96. The van der Waals surface area contributed by atoms with E-state index < -0.39 is 5.31 Å². The van der Waals surface area contributed by atoms with Gasteiger partial charge in [0.15, 0.2) is 0 Å². The van der Waals surface area contributed by atoms with Crippen molar-refractivity contribution >= 4 is 71.5 Å². The average Bonchev–Trinajstić information content (AvgIpc) is 2.63. The van der Waals surface area contributed by atoms with E-state index in [2.05, 4.69) is 22.1 Å². The van der Waals surface area contributed by atoms with Gasteiger partial charge in [0.25, 0.3) is 0 Å². The van der Waals surface area contributed by atoms with Crippen LogP contribution >= 0.6 is 55.6 Å². The molecule has 0 N–H and O–H groups in total. The first-order valence-electron chi connectivity index (χ1n) is 7.54. The van der Waals surface area contributed by atoms with Gasteiger partial charge in [0.2, 0.25) is 0 Å². The third kappa shape index (κ3) is 3.18. The predicted molar refractivity (Wildman–Crippen MR) is 119 cm³/mol. The Labute approximate surface area is 171 Å². The first kappa shape index (κ1) is 19.0. The van der Waals surface area contributed by atoms with Crippen molar-refractivity contribution in [3.8, 4) is 0 Å². The monoisotopic (exact) mass is 470 g/mol. The number of halogens is 4. The molecule has 0 saturated heterocycles. The number of hydrogen-bond donors (Lipinski definition) is 0. The molecule has 25 heavy (non-hydrogen) atoms.